The quantitative estimate of drug-likeness (QED) is 0.857. The zero-order valence-electron chi connectivity index (χ0n) is 11.0. The highest BCUT2D eigenvalue weighted by Gasteiger charge is 2.18. The summed E-state index contributed by atoms with van der Waals surface area (Å²) in [6, 6.07) is 17.3. The van der Waals surface area contributed by atoms with Crippen LogP contribution in [0.4, 0.5) is 0 Å². The highest BCUT2D eigenvalue weighted by molar-refractivity contribution is 7.52. The molecule has 0 aliphatic heterocycles. The Kier molecular flexibility index (Phi) is 4.08. The van der Waals surface area contributed by atoms with Crippen LogP contribution in [0.25, 0.3) is 0 Å². The summed E-state index contributed by atoms with van der Waals surface area (Å²) in [6.45, 7) is 3.24. The third kappa shape index (κ3) is 3.69. The lowest BCUT2D eigenvalue weighted by Crippen LogP contribution is -2.00. The summed E-state index contributed by atoms with van der Waals surface area (Å²) in [5.74, 6) is 0.566. The van der Waals surface area contributed by atoms with Crippen molar-refractivity contribution in [2.45, 2.75) is 12.8 Å². The van der Waals surface area contributed by atoms with Crippen molar-refractivity contribution >= 4 is 7.60 Å². The van der Waals surface area contributed by atoms with E-state index in [0.29, 0.717) is 5.75 Å². The highest BCUT2D eigenvalue weighted by atomic mass is 31.2. The fraction of sp³-hybridized carbons (Fsp3) is 0.200. The minimum atomic E-state index is -3.55. The third-order valence-electron chi connectivity index (χ3n) is 2.95. The average molecular weight is 276 g/mol. The van der Waals surface area contributed by atoms with Crippen molar-refractivity contribution < 1.29 is 14.0 Å². The maximum atomic E-state index is 11.4. The molecule has 0 saturated carbocycles. The van der Waals surface area contributed by atoms with Crippen LogP contribution in [-0.4, -0.2) is 11.6 Å². The van der Waals surface area contributed by atoms with Crippen LogP contribution in [0.2, 0.25) is 0 Å². The molecule has 0 fully saturated rings. The van der Waals surface area contributed by atoms with Crippen molar-refractivity contribution in [3.05, 3.63) is 65.7 Å². The molecule has 0 aromatic heterocycles. The van der Waals surface area contributed by atoms with Crippen molar-refractivity contribution in [3.8, 4) is 5.75 Å². The van der Waals surface area contributed by atoms with Crippen LogP contribution in [0.1, 0.15) is 24.0 Å². The summed E-state index contributed by atoms with van der Waals surface area (Å²) in [4.78, 5) is 9.38. The zero-order chi connectivity index (χ0) is 13.9. The first-order valence-corrected chi connectivity index (χ1v) is 8.13. The molecule has 2 aromatic carbocycles. The Morgan fingerprint density at radius 3 is 2.26 bits per heavy atom. The van der Waals surface area contributed by atoms with Gasteiger partial charge in [0.15, 0.2) is 0 Å². The summed E-state index contributed by atoms with van der Waals surface area (Å²) in [7, 11) is -3.55. The molecular formula is C15H17O3P. The second kappa shape index (κ2) is 5.60. The Bertz CT molecular complexity index is 589. The molecule has 0 saturated heterocycles. The number of benzene rings is 2. The lowest BCUT2D eigenvalue weighted by Gasteiger charge is -2.18. The molecule has 100 valence electrons. The molecule has 1 N–H and O–H groups in total. The summed E-state index contributed by atoms with van der Waals surface area (Å²) >= 11 is 0. The molecule has 0 aliphatic rings. The van der Waals surface area contributed by atoms with Crippen molar-refractivity contribution in [2.75, 3.05) is 6.66 Å². The molecule has 2 atom stereocenters. The van der Waals surface area contributed by atoms with E-state index in [1.54, 1.807) is 12.1 Å². The van der Waals surface area contributed by atoms with Crippen LogP contribution in [0.3, 0.4) is 0 Å². The molecule has 0 bridgehead atoms. The molecule has 2 aromatic rings. The molecule has 0 amide bonds. The van der Waals surface area contributed by atoms with E-state index in [0.717, 1.165) is 11.1 Å². The molecule has 0 radical (unpaired) electrons. The van der Waals surface area contributed by atoms with Gasteiger partial charge in [0.2, 0.25) is 0 Å². The number of hydrogen-bond acceptors (Lipinski definition) is 2. The largest absolute Gasteiger partial charge is 0.424 e. The third-order valence-corrected chi connectivity index (χ3v) is 3.49. The van der Waals surface area contributed by atoms with E-state index in [4.69, 9.17) is 4.52 Å². The fourth-order valence-corrected chi connectivity index (χ4v) is 2.56. The van der Waals surface area contributed by atoms with Crippen LogP contribution in [-0.2, 0) is 4.57 Å². The Morgan fingerprint density at radius 1 is 1.05 bits per heavy atom. The summed E-state index contributed by atoms with van der Waals surface area (Å²) < 4.78 is 16.6. The Balaban J connectivity index is 2.37. The molecule has 4 heteroatoms. The zero-order valence-corrected chi connectivity index (χ0v) is 11.9. The van der Waals surface area contributed by atoms with Crippen molar-refractivity contribution in [1.29, 1.82) is 0 Å². The minimum Gasteiger partial charge on any atom is -0.424 e. The van der Waals surface area contributed by atoms with E-state index < -0.39 is 7.60 Å². The second-order valence-electron chi connectivity index (χ2n) is 4.56. The van der Waals surface area contributed by atoms with Crippen LogP contribution < -0.4 is 4.52 Å². The lowest BCUT2D eigenvalue weighted by atomic mass is 9.93. The maximum Gasteiger partial charge on any atom is 0.373 e. The van der Waals surface area contributed by atoms with E-state index in [1.165, 1.54) is 6.66 Å². The van der Waals surface area contributed by atoms with Gasteiger partial charge < -0.3 is 9.42 Å². The molecular weight excluding hydrogens is 259 g/mol. The maximum absolute atomic E-state index is 11.4. The summed E-state index contributed by atoms with van der Waals surface area (Å²) in [5.41, 5.74) is 2.05. The minimum absolute atomic E-state index is 0.101. The van der Waals surface area contributed by atoms with Crippen molar-refractivity contribution in [1.82, 2.24) is 0 Å². The Morgan fingerprint density at radius 2 is 1.63 bits per heavy atom. The van der Waals surface area contributed by atoms with Gasteiger partial charge in [-0.25, -0.2) is 4.57 Å². The summed E-state index contributed by atoms with van der Waals surface area (Å²) in [6.07, 6.45) is 0. The smallest absolute Gasteiger partial charge is 0.373 e. The van der Waals surface area contributed by atoms with E-state index in [1.807, 2.05) is 42.5 Å². The standard InChI is InChI=1S/C15H17O3P/c1-12(13-8-4-3-5-9-13)14-10-6-7-11-15(14)18-19(2,16)17/h3-12H,1-2H3,(H,16,17). The predicted octanol–water partition coefficient (Wildman–Crippen LogP) is 4.03. The van der Waals surface area contributed by atoms with Gasteiger partial charge in [-0.2, -0.15) is 0 Å². The number of rotatable bonds is 4. The van der Waals surface area contributed by atoms with Gasteiger partial charge in [-0.1, -0.05) is 55.5 Å². The van der Waals surface area contributed by atoms with Gasteiger partial charge in [-0.3, -0.25) is 0 Å². The normalized spacial score (nSPS) is 15.5. The highest BCUT2D eigenvalue weighted by Crippen LogP contribution is 2.42. The van der Waals surface area contributed by atoms with Crippen LogP contribution in [0.5, 0.6) is 5.75 Å². The van der Waals surface area contributed by atoms with Gasteiger partial charge in [-0.05, 0) is 11.6 Å². The SMILES string of the molecule is CC(c1ccccc1)c1ccccc1OP(C)(=O)O. The van der Waals surface area contributed by atoms with Gasteiger partial charge in [0.1, 0.15) is 5.75 Å². The summed E-state index contributed by atoms with van der Waals surface area (Å²) in [5, 5.41) is 0. The van der Waals surface area contributed by atoms with Crippen molar-refractivity contribution in [3.63, 3.8) is 0 Å². The monoisotopic (exact) mass is 276 g/mol. The molecule has 0 spiro atoms. The first-order chi connectivity index (χ1) is 8.97. The first kappa shape index (κ1) is 13.9. The molecule has 0 aliphatic carbocycles. The molecule has 3 nitrogen and oxygen atoms in total. The predicted molar refractivity (Wildman–Crippen MR) is 76.8 cm³/mol. The fourth-order valence-electron chi connectivity index (χ4n) is 2.03. The van der Waals surface area contributed by atoms with Gasteiger partial charge in [0, 0.05) is 18.1 Å². The van der Waals surface area contributed by atoms with Gasteiger partial charge in [-0.15, -0.1) is 0 Å². The average Bonchev–Trinajstić information content (AvgIpc) is 2.38. The molecule has 2 unspecified atom stereocenters. The number of para-hydroxylation sites is 1. The van der Waals surface area contributed by atoms with Crippen LogP contribution in [0.15, 0.2) is 54.6 Å². The molecule has 2 rings (SSSR count). The van der Waals surface area contributed by atoms with Crippen molar-refractivity contribution in [2.24, 2.45) is 0 Å². The second-order valence-corrected chi connectivity index (χ2v) is 6.35. The van der Waals surface area contributed by atoms with Gasteiger partial charge in [0.05, 0.1) is 0 Å². The Hall–Kier alpha value is -1.57. The Labute approximate surface area is 113 Å². The lowest BCUT2D eigenvalue weighted by molar-refractivity contribution is 0.385. The topological polar surface area (TPSA) is 46.5 Å². The van der Waals surface area contributed by atoms with Gasteiger partial charge >= 0.3 is 7.60 Å². The number of hydrogen-bond donors (Lipinski definition) is 1. The van der Waals surface area contributed by atoms with E-state index >= 15 is 0 Å². The van der Waals surface area contributed by atoms with Gasteiger partial charge in [0.25, 0.3) is 0 Å². The molecule has 19 heavy (non-hydrogen) atoms. The van der Waals surface area contributed by atoms with Crippen LogP contribution in [0, 0.1) is 0 Å². The van der Waals surface area contributed by atoms with E-state index in [-0.39, 0.29) is 5.92 Å². The first-order valence-electron chi connectivity index (χ1n) is 6.11. The van der Waals surface area contributed by atoms with E-state index in [9.17, 15) is 9.46 Å². The molecule has 0 heterocycles. The van der Waals surface area contributed by atoms with E-state index in [2.05, 4.69) is 6.92 Å². The van der Waals surface area contributed by atoms with Crippen LogP contribution >= 0.6 is 7.60 Å².